The van der Waals surface area contributed by atoms with Crippen LogP contribution in [0.1, 0.15) is 43.7 Å². The van der Waals surface area contributed by atoms with Gasteiger partial charge in [-0.2, -0.15) is 0 Å². The maximum atomic E-state index is 5.09. The molecule has 1 aliphatic carbocycles. The lowest BCUT2D eigenvalue weighted by atomic mass is 9.86. The highest BCUT2D eigenvalue weighted by Gasteiger charge is 2.24. The number of fused-ring (bicyclic) bond motifs is 4. The molecule has 0 aliphatic heterocycles. The summed E-state index contributed by atoms with van der Waals surface area (Å²) in [5.41, 5.74) is 5.55. The van der Waals surface area contributed by atoms with E-state index < -0.39 is 0 Å². The van der Waals surface area contributed by atoms with E-state index in [0.717, 1.165) is 16.9 Å². The van der Waals surface area contributed by atoms with E-state index in [1.54, 1.807) is 0 Å². The number of aromatic nitrogens is 4. The first-order valence-electron chi connectivity index (χ1n) is 9.71. The molecule has 4 heterocycles. The third-order valence-electron chi connectivity index (χ3n) is 5.86. The maximum Gasteiger partial charge on any atom is 0.154 e. The van der Waals surface area contributed by atoms with Crippen molar-refractivity contribution in [2.24, 2.45) is 0 Å². The average molecular weight is 372 g/mol. The van der Waals surface area contributed by atoms with Crippen LogP contribution in [0.15, 0.2) is 48.9 Å². The molecule has 1 aromatic carbocycles. The zero-order valence-electron chi connectivity index (χ0n) is 15.0. The lowest BCUT2D eigenvalue weighted by Gasteiger charge is -2.22. The van der Waals surface area contributed by atoms with Crippen molar-refractivity contribution in [1.29, 1.82) is 0 Å². The van der Waals surface area contributed by atoms with Crippen molar-refractivity contribution >= 4 is 38.1 Å². The first-order valence-corrected chi connectivity index (χ1v) is 10.5. The van der Waals surface area contributed by atoms with Crippen molar-refractivity contribution in [1.82, 2.24) is 19.4 Å². The van der Waals surface area contributed by atoms with Gasteiger partial charge in [-0.1, -0.05) is 37.5 Å². The summed E-state index contributed by atoms with van der Waals surface area (Å²) in [5, 5.41) is 1.29. The predicted molar refractivity (Wildman–Crippen MR) is 111 cm³/mol. The molecule has 5 aromatic rings. The SMILES string of the molecule is c1ccc2sc(-c3ncn4c3c(C3CCCCC3)nc3[nH]ccc34)cc2c1. The number of hydrogen-bond donors (Lipinski definition) is 1. The molecule has 5 heteroatoms. The molecule has 1 fully saturated rings. The van der Waals surface area contributed by atoms with Gasteiger partial charge in [-0.15, -0.1) is 11.3 Å². The zero-order chi connectivity index (χ0) is 17.8. The molecule has 0 radical (unpaired) electrons. The molecular formula is C22H20N4S. The van der Waals surface area contributed by atoms with E-state index in [9.17, 15) is 0 Å². The minimum atomic E-state index is 0.527. The van der Waals surface area contributed by atoms with Crippen LogP contribution in [0.25, 0.3) is 37.3 Å². The third kappa shape index (κ3) is 2.34. The van der Waals surface area contributed by atoms with Crippen LogP contribution in [0.2, 0.25) is 0 Å². The Morgan fingerprint density at radius 1 is 1.07 bits per heavy atom. The van der Waals surface area contributed by atoms with E-state index >= 15 is 0 Å². The normalized spacial score (nSPS) is 16.0. The molecule has 0 atom stereocenters. The van der Waals surface area contributed by atoms with Crippen LogP contribution in [-0.4, -0.2) is 19.4 Å². The number of benzene rings is 1. The molecule has 27 heavy (non-hydrogen) atoms. The topological polar surface area (TPSA) is 46.0 Å². The number of rotatable bonds is 2. The van der Waals surface area contributed by atoms with E-state index in [4.69, 9.17) is 9.97 Å². The summed E-state index contributed by atoms with van der Waals surface area (Å²) in [6.45, 7) is 0. The Labute approximate surface area is 160 Å². The Morgan fingerprint density at radius 3 is 2.85 bits per heavy atom. The van der Waals surface area contributed by atoms with E-state index in [1.807, 2.05) is 23.9 Å². The number of nitrogens with zero attached hydrogens (tertiary/aromatic N) is 3. The van der Waals surface area contributed by atoms with Crippen molar-refractivity contribution in [2.45, 2.75) is 38.0 Å². The van der Waals surface area contributed by atoms with Gasteiger partial charge < -0.3 is 4.98 Å². The fraction of sp³-hybridized carbons (Fsp3) is 0.273. The first kappa shape index (κ1) is 15.4. The monoisotopic (exact) mass is 372 g/mol. The fourth-order valence-electron chi connectivity index (χ4n) is 4.53. The van der Waals surface area contributed by atoms with Crippen LogP contribution < -0.4 is 0 Å². The van der Waals surface area contributed by atoms with Gasteiger partial charge in [0, 0.05) is 16.8 Å². The molecule has 134 valence electrons. The van der Waals surface area contributed by atoms with Crippen molar-refractivity contribution in [3.8, 4) is 10.6 Å². The summed E-state index contributed by atoms with van der Waals surface area (Å²) >= 11 is 1.82. The van der Waals surface area contributed by atoms with E-state index in [1.165, 1.54) is 58.3 Å². The van der Waals surface area contributed by atoms with Crippen molar-refractivity contribution in [3.63, 3.8) is 0 Å². The number of H-pyrrole nitrogens is 1. The quantitative estimate of drug-likeness (QED) is 0.404. The number of imidazole rings is 1. The van der Waals surface area contributed by atoms with Crippen LogP contribution in [0.5, 0.6) is 0 Å². The molecule has 4 aromatic heterocycles. The van der Waals surface area contributed by atoms with Crippen LogP contribution >= 0.6 is 11.3 Å². The van der Waals surface area contributed by atoms with Crippen molar-refractivity contribution in [2.75, 3.05) is 0 Å². The summed E-state index contributed by atoms with van der Waals surface area (Å²) in [6, 6.07) is 12.9. The highest BCUT2D eigenvalue weighted by molar-refractivity contribution is 7.22. The summed E-state index contributed by atoms with van der Waals surface area (Å²) in [6.07, 6.45) is 10.3. The van der Waals surface area contributed by atoms with E-state index in [2.05, 4.69) is 45.8 Å². The van der Waals surface area contributed by atoms with Crippen molar-refractivity contribution in [3.05, 3.63) is 54.6 Å². The van der Waals surface area contributed by atoms with Crippen LogP contribution in [0, 0.1) is 0 Å². The average Bonchev–Trinajstić information content (AvgIpc) is 3.44. The zero-order valence-corrected chi connectivity index (χ0v) is 15.8. The Hall–Kier alpha value is -2.66. The second kappa shape index (κ2) is 5.92. The maximum absolute atomic E-state index is 5.09. The smallest absolute Gasteiger partial charge is 0.154 e. The Bertz CT molecular complexity index is 1240. The van der Waals surface area contributed by atoms with Gasteiger partial charge in [0.25, 0.3) is 0 Å². The van der Waals surface area contributed by atoms with Gasteiger partial charge in [0.2, 0.25) is 0 Å². The highest BCUT2D eigenvalue weighted by Crippen LogP contribution is 2.40. The summed E-state index contributed by atoms with van der Waals surface area (Å²) in [7, 11) is 0. The van der Waals surface area contributed by atoms with Gasteiger partial charge in [0.05, 0.1) is 21.6 Å². The molecule has 0 amide bonds. The van der Waals surface area contributed by atoms with Gasteiger partial charge in [-0.05, 0) is 36.4 Å². The second-order valence-corrected chi connectivity index (χ2v) is 8.59. The lowest BCUT2D eigenvalue weighted by Crippen LogP contribution is -2.09. The Balaban J connectivity index is 1.65. The van der Waals surface area contributed by atoms with Crippen molar-refractivity contribution < 1.29 is 0 Å². The molecule has 1 aliphatic rings. The lowest BCUT2D eigenvalue weighted by molar-refractivity contribution is 0.439. The van der Waals surface area contributed by atoms with E-state index in [0.29, 0.717) is 5.92 Å². The molecule has 6 rings (SSSR count). The highest BCUT2D eigenvalue weighted by atomic mass is 32.1. The Kier molecular flexibility index (Phi) is 3.38. The molecule has 4 nitrogen and oxygen atoms in total. The largest absolute Gasteiger partial charge is 0.345 e. The third-order valence-corrected chi connectivity index (χ3v) is 6.98. The summed E-state index contributed by atoms with van der Waals surface area (Å²) in [4.78, 5) is 14.5. The van der Waals surface area contributed by atoms with Gasteiger partial charge in [-0.3, -0.25) is 4.40 Å². The fourth-order valence-corrected chi connectivity index (χ4v) is 5.59. The Morgan fingerprint density at radius 2 is 1.96 bits per heavy atom. The van der Waals surface area contributed by atoms with Gasteiger partial charge in [-0.25, -0.2) is 9.97 Å². The molecule has 0 bridgehead atoms. The molecular weight excluding hydrogens is 352 g/mol. The summed E-state index contributed by atoms with van der Waals surface area (Å²) < 4.78 is 3.55. The molecule has 1 N–H and O–H groups in total. The van der Waals surface area contributed by atoms with E-state index in [-0.39, 0.29) is 0 Å². The second-order valence-electron chi connectivity index (χ2n) is 7.50. The predicted octanol–water partition coefficient (Wildman–Crippen LogP) is 6.14. The van der Waals surface area contributed by atoms with Gasteiger partial charge in [0.15, 0.2) is 5.65 Å². The molecule has 0 unspecified atom stereocenters. The number of nitrogens with one attached hydrogen (secondary N) is 1. The molecule has 0 saturated heterocycles. The first-order chi connectivity index (χ1) is 13.4. The number of hydrogen-bond acceptors (Lipinski definition) is 3. The minimum absolute atomic E-state index is 0.527. The number of aromatic amines is 1. The van der Waals surface area contributed by atoms with Crippen LogP contribution in [0.3, 0.4) is 0 Å². The molecule has 0 spiro atoms. The van der Waals surface area contributed by atoms with Gasteiger partial charge >= 0.3 is 0 Å². The minimum Gasteiger partial charge on any atom is -0.345 e. The van der Waals surface area contributed by atoms with Crippen LogP contribution in [-0.2, 0) is 0 Å². The molecule has 1 saturated carbocycles. The summed E-state index contributed by atoms with van der Waals surface area (Å²) in [5.74, 6) is 0.527. The van der Waals surface area contributed by atoms with Gasteiger partial charge in [0.1, 0.15) is 12.0 Å². The van der Waals surface area contributed by atoms with Crippen LogP contribution in [0.4, 0.5) is 0 Å². The number of thiophene rings is 1. The standard InChI is InChI=1S/C22H20N4S/c1-2-6-14(7-3-1)19-21-20(18-12-15-8-4-5-9-17(15)27-18)24-13-26(21)16-10-11-23-22(16)25-19/h4-5,8-14,23H,1-3,6-7H2.